The highest BCUT2D eigenvalue weighted by Gasteiger charge is 2.16. The molecule has 0 aliphatic rings. The van der Waals surface area contributed by atoms with E-state index in [-0.39, 0.29) is 24.7 Å². The maximum Gasteiger partial charge on any atom is 0.307 e. The van der Waals surface area contributed by atoms with Crippen molar-refractivity contribution in [2.45, 2.75) is 33.2 Å². The van der Waals surface area contributed by atoms with Gasteiger partial charge in [-0.25, -0.2) is 0 Å². The van der Waals surface area contributed by atoms with Gasteiger partial charge < -0.3 is 14.4 Å². The van der Waals surface area contributed by atoms with E-state index in [1.54, 1.807) is 4.90 Å². The van der Waals surface area contributed by atoms with Crippen molar-refractivity contribution in [2.75, 3.05) is 20.3 Å². The molecule has 0 aliphatic heterocycles. The maximum atomic E-state index is 12.7. The number of nitrogens with zero attached hydrogens (tertiary/aromatic N) is 1. The predicted octanol–water partition coefficient (Wildman–Crippen LogP) is 3.66. The number of benzene rings is 2. The molecule has 0 radical (unpaired) electrons. The smallest absolute Gasteiger partial charge is 0.307 e. The number of rotatable bonds is 9. The molecular formula is C22H27NO4. The Labute approximate surface area is 160 Å². The predicted molar refractivity (Wildman–Crippen MR) is 105 cm³/mol. The first-order valence-corrected chi connectivity index (χ1v) is 9.08. The number of hydrogen-bond acceptors (Lipinski definition) is 4. The van der Waals surface area contributed by atoms with Crippen molar-refractivity contribution in [3.63, 3.8) is 0 Å². The van der Waals surface area contributed by atoms with E-state index in [4.69, 9.17) is 9.47 Å². The largest absolute Gasteiger partial charge is 0.493 e. The number of carbonyl (C=O) groups is 2. The summed E-state index contributed by atoms with van der Waals surface area (Å²) >= 11 is 0. The summed E-state index contributed by atoms with van der Waals surface area (Å²) in [7, 11) is 1.35. The standard InChI is InChI=1S/C22H27NO4/c1-17-9-10-20(18(2)15-17)27-14-12-21(24)23(13-11-22(25)26-3)16-19-7-5-4-6-8-19/h4-10,15H,11-14,16H2,1-3H3. The monoisotopic (exact) mass is 369 g/mol. The van der Waals surface area contributed by atoms with Gasteiger partial charge in [0, 0.05) is 13.1 Å². The molecule has 0 saturated carbocycles. The maximum absolute atomic E-state index is 12.7. The molecule has 144 valence electrons. The third-order valence-corrected chi connectivity index (χ3v) is 4.29. The minimum Gasteiger partial charge on any atom is -0.493 e. The van der Waals surface area contributed by atoms with Crippen LogP contribution in [-0.2, 0) is 20.9 Å². The Balaban J connectivity index is 1.94. The van der Waals surface area contributed by atoms with Crippen LogP contribution in [0.1, 0.15) is 29.5 Å². The molecule has 0 N–H and O–H groups in total. The number of ether oxygens (including phenoxy) is 2. The number of amides is 1. The van der Waals surface area contributed by atoms with Gasteiger partial charge in [-0.05, 0) is 31.0 Å². The average molecular weight is 369 g/mol. The lowest BCUT2D eigenvalue weighted by atomic mass is 10.1. The van der Waals surface area contributed by atoms with E-state index in [1.807, 2.05) is 56.3 Å². The van der Waals surface area contributed by atoms with Crippen LogP contribution in [0.2, 0.25) is 0 Å². The van der Waals surface area contributed by atoms with Gasteiger partial charge in [0.05, 0.1) is 26.6 Å². The van der Waals surface area contributed by atoms with Crippen LogP contribution in [0.3, 0.4) is 0 Å². The molecule has 1 amide bonds. The zero-order chi connectivity index (χ0) is 19.6. The topological polar surface area (TPSA) is 55.8 Å². The summed E-state index contributed by atoms with van der Waals surface area (Å²) in [6.45, 7) is 5.10. The number of esters is 1. The summed E-state index contributed by atoms with van der Waals surface area (Å²) in [5, 5.41) is 0. The third-order valence-electron chi connectivity index (χ3n) is 4.29. The van der Waals surface area contributed by atoms with Gasteiger partial charge in [0.25, 0.3) is 0 Å². The first-order chi connectivity index (χ1) is 13.0. The van der Waals surface area contributed by atoms with Crippen LogP contribution in [0.5, 0.6) is 5.75 Å². The number of hydrogen-bond donors (Lipinski definition) is 0. The zero-order valence-corrected chi connectivity index (χ0v) is 16.2. The molecule has 0 unspecified atom stereocenters. The summed E-state index contributed by atoms with van der Waals surface area (Å²) < 4.78 is 10.5. The van der Waals surface area contributed by atoms with Crippen molar-refractivity contribution < 1.29 is 19.1 Å². The van der Waals surface area contributed by atoms with Gasteiger partial charge in [-0.15, -0.1) is 0 Å². The molecular weight excluding hydrogens is 342 g/mol. The summed E-state index contributed by atoms with van der Waals surface area (Å²) in [6, 6.07) is 15.7. The van der Waals surface area contributed by atoms with E-state index < -0.39 is 0 Å². The second-order valence-corrected chi connectivity index (χ2v) is 6.49. The molecule has 2 aromatic carbocycles. The molecule has 5 heteroatoms. The molecule has 2 aromatic rings. The van der Waals surface area contributed by atoms with Gasteiger partial charge in [-0.2, -0.15) is 0 Å². The fourth-order valence-electron chi connectivity index (χ4n) is 2.79. The molecule has 0 heterocycles. The van der Waals surface area contributed by atoms with Gasteiger partial charge in [0.1, 0.15) is 5.75 Å². The number of carbonyl (C=O) groups excluding carboxylic acids is 2. The Hall–Kier alpha value is -2.82. The molecule has 27 heavy (non-hydrogen) atoms. The first kappa shape index (κ1) is 20.5. The molecule has 0 atom stereocenters. The van der Waals surface area contributed by atoms with Gasteiger partial charge in [-0.3, -0.25) is 9.59 Å². The van der Waals surface area contributed by atoms with Crippen LogP contribution >= 0.6 is 0 Å². The summed E-state index contributed by atoms with van der Waals surface area (Å²) in [5.74, 6) is 0.414. The molecule has 0 spiro atoms. The Morgan fingerprint density at radius 1 is 1.00 bits per heavy atom. The normalized spacial score (nSPS) is 10.3. The minimum absolute atomic E-state index is 0.0486. The van der Waals surface area contributed by atoms with E-state index in [0.717, 1.165) is 16.9 Å². The lowest BCUT2D eigenvalue weighted by Crippen LogP contribution is -2.33. The summed E-state index contributed by atoms with van der Waals surface area (Å²) in [4.78, 5) is 25.8. The van der Waals surface area contributed by atoms with E-state index in [9.17, 15) is 9.59 Å². The Bertz CT molecular complexity index is 758. The number of aryl methyl sites for hydroxylation is 2. The first-order valence-electron chi connectivity index (χ1n) is 9.08. The molecule has 5 nitrogen and oxygen atoms in total. The van der Waals surface area contributed by atoms with Crippen molar-refractivity contribution in [1.82, 2.24) is 4.90 Å². The van der Waals surface area contributed by atoms with Crippen molar-refractivity contribution >= 4 is 11.9 Å². The van der Waals surface area contributed by atoms with E-state index in [0.29, 0.717) is 19.7 Å². The quantitative estimate of drug-likeness (QED) is 0.633. The number of methoxy groups -OCH3 is 1. The second kappa shape index (κ2) is 10.4. The fraction of sp³-hybridized carbons (Fsp3) is 0.364. The Morgan fingerprint density at radius 2 is 1.74 bits per heavy atom. The van der Waals surface area contributed by atoms with Crippen LogP contribution < -0.4 is 4.74 Å². The van der Waals surface area contributed by atoms with Crippen LogP contribution in [0, 0.1) is 13.8 Å². The van der Waals surface area contributed by atoms with Gasteiger partial charge in [0.15, 0.2) is 0 Å². The van der Waals surface area contributed by atoms with E-state index >= 15 is 0 Å². The highest BCUT2D eigenvalue weighted by Crippen LogP contribution is 2.19. The van der Waals surface area contributed by atoms with Crippen LogP contribution in [0.4, 0.5) is 0 Å². The van der Waals surface area contributed by atoms with Crippen LogP contribution in [0.25, 0.3) is 0 Å². The molecule has 0 bridgehead atoms. The molecule has 0 fully saturated rings. The third kappa shape index (κ3) is 6.77. The van der Waals surface area contributed by atoms with Crippen LogP contribution in [0.15, 0.2) is 48.5 Å². The van der Waals surface area contributed by atoms with Crippen molar-refractivity contribution in [3.05, 3.63) is 65.2 Å². The Kier molecular flexibility index (Phi) is 7.86. The highest BCUT2D eigenvalue weighted by atomic mass is 16.5. The summed E-state index contributed by atoms with van der Waals surface area (Å²) in [5.41, 5.74) is 3.24. The molecule has 0 saturated heterocycles. The SMILES string of the molecule is COC(=O)CCN(Cc1ccccc1)C(=O)CCOc1ccc(C)cc1C. The minimum atomic E-state index is -0.326. The second-order valence-electron chi connectivity index (χ2n) is 6.49. The van der Waals surface area contributed by atoms with E-state index in [1.165, 1.54) is 12.7 Å². The van der Waals surface area contributed by atoms with Crippen molar-refractivity contribution in [1.29, 1.82) is 0 Å². The van der Waals surface area contributed by atoms with Gasteiger partial charge in [-0.1, -0.05) is 48.0 Å². The average Bonchev–Trinajstić information content (AvgIpc) is 2.67. The Morgan fingerprint density at radius 3 is 2.41 bits per heavy atom. The lowest BCUT2D eigenvalue weighted by Gasteiger charge is -2.22. The van der Waals surface area contributed by atoms with E-state index in [2.05, 4.69) is 6.07 Å². The highest BCUT2D eigenvalue weighted by molar-refractivity contribution is 5.77. The fourth-order valence-corrected chi connectivity index (χ4v) is 2.79. The van der Waals surface area contributed by atoms with Crippen LogP contribution in [-0.4, -0.2) is 37.0 Å². The summed E-state index contributed by atoms with van der Waals surface area (Å²) in [6.07, 6.45) is 0.425. The molecule has 0 aromatic heterocycles. The van der Waals surface area contributed by atoms with Crippen molar-refractivity contribution in [3.8, 4) is 5.75 Å². The van der Waals surface area contributed by atoms with Gasteiger partial charge in [0.2, 0.25) is 5.91 Å². The van der Waals surface area contributed by atoms with Gasteiger partial charge >= 0.3 is 5.97 Å². The molecule has 0 aliphatic carbocycles. The lowest BCUT2D eigenvalue weighted by molar-refractivity contribution is -0.142. The zero-order valence-electron chi connectivity index (χ0n) is 16.2. The molecule has 2 rings (SSSR count). The van der Waals surface area contributed by atoms with Crippen molar-refractivity contribution in [2.24, 2.45) is 0 Å².